The highest BCUT2D eigenvalue weighted by molar-refractivity contribution is 5.81. The molecule has 1 fully saturated rings. The van der Waals surface area contributed by atoms with Gasteiger partial charge in [-0.25, -0.2) is 0 Å². The summed E-state index contributed by atoms with van der Waals surface area (Å²) in [7, 11) is 0. The largest absolute Gasteiger partial charge is 0.491 e. The van der Waals surface area contributed by atoms with Gasteiger partial charge in [0.05, 0.1) is 12.0 Å². The molecule has 2 heterocycles. The van der Waals surface area contributed by atoms with Crippen LogP contribution in [0.2, 0.25) is 0 Å². The number of piperidine rings is 1. The van der Waals surface area contributed by atoms with Gasteiger partial charge in [0, 0.05) is 18.5 Å². The van der Waals surface area contributed by atoms with Crippen molar-refractivity contribution in [2.45, 2.75) is 18.9 Å². The van der Waals surface area contributed by atoms with E-state index < -0.39 is 11.9 Å². The van der Waals surface area contributed by atoms with E-state index in [1.807, 2.05) is 24.3 Å². The SMILES string of the molecule is O=C(O)C1CCC(=O)N(C2COc3ccccc32)C1. The average Bonchev–Trinajstić information content (AvgIpc) is 2.83. The normalized spacial score (nSPS) is 25.9. The molecule has 0 saturated carbocycles. The van der Waals surface area contributed by atoms with Gasteiger partial charge in [-0.1, -0.05) is 18.2 Å². The van der Waals surface area contributed by atoms with Crippen molar-refractivity contribution in [2.75, 3.05) is 13.2 Å². The van der Waals surface area contributed by atoms with E-state index in [9.17, 15) is 9.59 Å². The first kappa shape index (κ1) is 12.0. The zero-order valence-corrected chi connectivity index (χ0v) is 10.4. The highest BCUT2D eigenvalue weighted by atomic mass is 16.5. The number of benzene rings is 1. The van der Waals surface area contributed by atoms with Crippen molar-refractivity contribution in [3.8, 4) is 5.75 Å². The maximum Gasteiger partial charge on any atom is 0.308 e. The number of carboxylic acid groups (broad SMARTS) is 1. The molecule has 5 heteroatoms. The van der Waals surface area contributed by atoms with Gasteiger partial charge in [0.2, 0.25) is 5.91 Å². The summed E-state index contributed by atoms with van der Waals surface area (Å²) in [5.41, 5.74) is 0.974. The van der Waals surface area contributed by atoms with E-state index in [1.165, 1.54) is 0 Å². The van der Waals surface area contributed by atoms with Crippen LogP contribution < -0.4 is 4.74 Å². The maximum absolute atomic E-state index is 12.0. The molecule has 3 rings (SSSR count). The van der Waals surface area contributed by atoms with Gasteiger partial charge in [-0.15, -0.1) is 0 Å². The number of rotatable bonds is 2. The van der Waals surface area contributed by atoms with Gasteiger partial charge >= 0.3 is 5.97 Å². The fraction of sp³-hybridized carbons (Fsp3) is 0.429. The molecule has 0 spiro atoms. The quantitative estimate of drug-likeness (QED) is 0.874. The fourth-order valence-corrected chi connectivity index (χ4v) is 2.78. The van der Waals surface area contributed by atoms with Crippen LogP contribution in [0.4, 0.5) is 0 Å². The molecule has 100 valence electrons. The number of likely N-dealkylation sites (tertiary alicyclic amines) is 1. The van der Waals surface area contributed by atoms with Crippen LogP contribution in [0, 0.1) is 5.92 Å². The minimum absolute atomic E-state index is 0.0165. The van der Waals surface area contributed by atoms with Crippen molar-refractivity contribution in [1.82, 2.24) is 4.90 Å². The van der Waals surface area contributed by atoms with E-state index in [2.05, 4.69) is 0 Å². The molecule has 0 aliphatic carbocycles. The molecule has 0 radical (unpaired) electrons. The van der Waals surface area contributed by atoms with E-state index in [0.717, 1.165) is 11.3 Å². The summed E-state index contributed by atoms with van der Waals surface area (Å²) in [5.74, 6) is -0.490. The average molecular weight is 261 g/mol. The molecule has 0 aromatic heterocycles. The molecule has 2 aliphatic heterocycles. The standard InChI is InChI=1S/C14H15NO4/c16-13-6-5-9(14(17)18)7-15(13)11-8-19-12-4-2-1-3-10(11)12/h1-4,9,11H,5-8H2,(H,17,18). The monoisotopic (exact) mass is 261 g/mol. The number of nitrogens with zero attached hydrogens (tertiary/aromatic N) is 1. The minimum Gasteiger partial charge on any atom is -0.491 e. The molecule has 1 aromatic rings. The highest BCUT2D eigenvalue weighted by Crippen LogP contribution is 2.37. The molecule has 2 unspecified atom stereocenters. The third kappa shape index (κ3) is 2.05. The second-order valence-electron chi connectivity index (χ2n) is 4.98. The van der Waals surface area contributed by atoms with Gasteiger partial charge in [-0.2, -0.15) is 0 Å². The first-order chi connectivity index (χ1) is 9.16. The zero-order valence-electron chi connectivity index (χ0n) is 10.4. The van der Waals surface area contributed by atoms with Gasteiger partial charge in [0.15, 0.2) is 0 Å². The van der Waals surface area contributed by atoms with Crippen molar-refractivity contribution in [3.05, 3.63) is 29.8 Å². The van der Waals surface area contributed by atoms with Crippen molar-refractivity contribution in [2.24, 2.45) is 5.92 Å². The fourth-order valence-electron chi connectivity index (χ4n) is 2.78. The molecule has 2 atom stereocenters. The Bertz CT molecular complexity index is 528. The Balaban J connectivity index is 1.85. The number of amides is 1. The summed E-state index contributed by atoms with van der Waals surface area (Å²) in [6, 6.07) is 7.46. The van der Waals surface area contributed by atoms with Crippen LogP contribution in [0.25, 0.3) is 0 Å². The Hall–Kier alpha value is -2.04. The maximum atomic E-state index is 12.0. The van der Waals surface area contributed by atoms with Crippen molar-refractivity contribution in [3.63, 3.8) is 0 Å². The van der Waals surface area contributed by atoms with Gasteiger partial charge in [0.1, 0.15) is 12.4 Å². The number of fused-ring (bicyclic) bond motifs is 1. The molecule has 2 aliphatic rings. The molecule has 19 heavy (non-hydrogen) atoms. The van der Waals surface area contributed by atoms with Crippen LogP contribution in [0.1, 0.15) is 24.4 Å². The van der Waals surface area contributed by atoms with Crippen molar-refractivity contribution in [1.29, 1.82) is 0 Å². The van der Waals surface area contributed by atoms with Crippen LogP contribution in [0.15, 0.2) is 24.3 Å². The van der Waals surface area contributed by atoms with Crippen LogP contribution in [-0.4, -0.2) is 35.0 Å². The summed E-state index contributed by atoms with van der Waals surface area (Å²) in [6.07, 6.45) is 0.732. The van der Waals surface area contributed by atoms with Crippen LogP contribution in [0.5, 0.6) is 5.75 Å². The Kier molecular flexibility index (Phi) is 2.89. The second-order valence-corrected chi connectivity index (χ2v) is 4.98. The lowest BCUT2D eigenvalue weighted by atomic mass is 9.95. The van der Waals surface area contributed by atoms with Gasteiger partial charge < -0.3 is 14.7 Å². The zero-order chi connectivity index (χ0) is 13.4. The van der Waals surface area contributed by atoms with E-state index >= 15 is 0 Å². The smallest absolute Gasteiger partial charge is 0.308 e. The summed E-state index contributed by atoms with van der Waals surface area (Å²) in [5, 5.41) is 9.11. The van der Waals surface area contributed by atoms with E-state index in [0.29, 0.717) is 19.4 Å². The van der Waals surface area contributed by atoms with Crippen molar-refractivity contribution < 1.29 is 19.4 Å². The molecule has 0 bridgehead atoms. The summed E-state index contributed by atoms with van der Waals surface area (Å²) >= 11 is 0. The van der Waals surface area contributed by atoms with Crippen LogP contribution in [0.3, 0.4) is 0 Å². The first-order valence-corrected chi connectivity index (χ1v) is 6.41. The number of carbonyl (C=O) groups is 2. The lowest BCUT2D eigenvalue weighted by Crippen LogP contribution is -2.45. The molecule has 1 aromatic carbocycles. The van der Waals surface area contributed by atoms with Crippen LogP contribution >= 0.6 is 0 Å². The van der Waals surface area contributed by atoms with Gasteiger partial charge in [0.25, 0.3) is 0 Å². The number of carboxylic acids is 1. The molecule has 1 saturated heterocycles. The van der Waals surface area contributed by atoms with E-state index in [1.54, 1.807) is 4.90 Å². The molecular weight excluding hydrogens is 246 g/mol. The van der Waals surface area contributed by atoms with Crippen LogP contribution in [-0.2, 0) is 9.59 Å². The van der Waals surface area contributed by atoms with E-state index in [4.69, 9.17) is 9.84 Å². The third-order valence-electron chi connectivity index (χ3n) is 3.84. The lowest BCUT2D eigenvalue weighted by Gasteiger charge is -2.34. The third-order valence-corrected chi connectivity index (χ3v) is 3.84. The number of para-hydroxylation sites is 1. The summed E-state index contributed by atoms with van der Waals surface area (Å²) in [4.78, 5) is 24.8. The Morgan fingerprint density at radius 1 is 1.37 bits per heavy atom. The minimum atomic E-state index is -0.829. The summed E-state index contributed by atoms with van der Waals surface area (Å²) < 4.78 is 5.57. The van der Waals surface area contributed by atoms with E-state index in [-0.39, 0.29) is 18.5 Å². The lowest BCUT2D eigenvalue weighted by molar-refractivity contribution is -0.149. The first-order valence-electron chi connectivity index (χ1n) is 6.41. The Morgan fingerprint density at radius 2 is 2.16 bits per heavy atom. The molecule has 1 N–H and O–H groups in total. The molecule has 1 amide bonds. The Labute approximate surface area is 110 Å². The van der Waals surface area contributed by atoms with Gasteiger partial charge in [-0.05, 0) is 12.5 Å². The number of hydrogen-bond acceptors (Lipinski definition) is 3. The highest BCUT2D eigenvalue weighted by Gasteiger charge is 2.38. The number of ether oxygens (including phenoxy) is 1. The number of hydrogen-bond donors (Lipinski definition) is 1. The molecule has 5 nitrogen and oxygen atoms in total. The topological polar surface area (TPSA) is 66.8 Å². The Morgan fingerprint density at radius 3 is 2.95 bits per heavy atom. The molecular formula is C14H15NO4. The summed E-state index contributed by atoms with van der Waals surface area (Å²) in [6.45, 7) is 0.688. The predicted octanol–water partition coefficient (Wildman–Crippen LogP) is 1.44. The number of carbonyl (C=O) groups excluding carboxylic acids is 1. The van der Waals surface area contributed by atoms with Gasteiger partial charge in [-0.3, -0.25) is 9.59 Å². The second kappa shape index (κ2) is 4.57. The predicted molar refractivity (Wildman–Crippen MR) is 66.8 cm³/mol. The number of aliphatic carboxylic acids is 1. The van der Waals surface area contributed by atoms with Crippen molar-refractivity contribution >= 4 is 11.9 Å².